The first-order valence-electron chi connectivity index (χ1n) is 9.19. The predicted octanol–water partition coefficient (Wildman–Crippen LogP) is 0.451. The summed E-state index contributed by atoms with van der Waals surface area (Å²) in [7, 11) is 0. The number of rotatable bonds is 5. The van der Waals surface area contributed by atoms with Gasteiger partial charge in [0, 0.05) is 38.8 Å². The van der Waals surface area contributed by atoms with Crippen molar-refractivity contribution in [2.45, 2.75) is 32.4 Å². The molecule has 0 aromatic carbocycles. The van der Waals surface area contributed by atoms with Crippen LogP contribution in [0.3, 0.4) is 0 Å². The molecule has 2 aromatic rings. The fourth-order valence-corrected chi connectivity index (χ4v) is 3.72. The van der Waals surface area contributed by atoms with Crippen LogP contribution in [0.5, 0.6) is 0 Å². The van der Waals surface area contributed by atoms with Gasteiger partial charge in [-0.2, -0.15) is 4.98 Å². The Morgan fingerprint density at radius 1 is 1.15 bits per heavy atom. The highest BCUT2D eigenvalue weighted by Gasteiger charge is 2.26. The molecule has 9 heteroatoms. The first-order chi connectivity index (χ1) is 12.7. The van der Waals surface area contributed by atoms with Crippen molar-refractivity contribution in [3.63, 3.8) is 0 Å². The molecule has 2 saturated heterocycles. The van der Waals surface area contributed by atoms with Gasteiger partial charge in [-0.3, -0.25) is 4.90 Å². The van der Waals surface area contributed by atoms with E-state index in [1.54, 1.807) is 6.33 Å². The van der Waals surface area contributed by atoms with Crippen molar-refractivity contribution in [2.24, 2.45) is 0 Å². The van der Waals surface area contributed by atoms with E-state index in [1.807, 2.05) is 13.0 Å². The molecule has 0 bridgehead atoms. The number of anilines is 2. The Bertz CT molecular complexity index is 729. The Morgan fingerprint density at radius 3 is 2.69 bits per heavy atom. The number of aryl methyl sites for hydroxylation is 1. The van der Waals surface area contributed by atoms with Crippen molar-refractivity contribution < 1.29 is 9.63 Å². The van der Waals surface area contributed by atoms with Gasteiger partial charge in [0.1, 0.15) is 18.0 Å². The van der Waals surface area contributed by atoms with Crippen molar-refractivity contribution in [3.8, 4) is 0 Å². The minimum absolute atomic E-state index is 0.174. The summed E-state index contributed by atoms with van der Waals surface area (Å²) in [6.45, 7) is 7.27. The first-order valence-corrected chi connectivity index (χ1v) is 9.19. The third-order valence-corrected chi connectivity index (χ3v) is 5.15. The molecule has 9 nitrogen and oxygen atoms in total. The molecule has 0 aliphatic carbocycles. The lowest BCUT2D eigenvalue weighted by Crippen LogP contribution is -2.46. The smallest absolute Gasteiger partial charge is 0.240 e. The fourth-order valence-electron chi connectivity index (χ4n) is 3.72. The van der Waals surface area contributed by atoms with E-state index in [0.717, 1.165) is 57.2 Å². The average Bonchev–Trinajstić information content (AvgIpc) is 3.31. The maximum atomic E-state index is 9.55. The molecule has 1 atom stereocenters. The van der Waals surface area contributed by atoms with Crippen molar-refractivity contribution in [2.75, 3.05) is 49.1 Å². The van der Waals surface area contributed by atoms with E-state index in [-0.39, 0.29) is 12.6 Å². The number of hydrogen-bond donors (Lipinski definition) is 1. The molecule has 2 aromatic heterocycles. The van der Waals surface area contributed by atoms with Gasteiger partial charge in [-0.15, -0.1) is 0 Å². The van der Waals surface area contributed by atoms with Crippen LogP contribution in [0.15, 0.2) is 16.9 Å². The highest BCUT2D eigenvalue weighted by molar-refractivity contribution is 5.51. The van der Waals surface area contributed by atoms with Gasteiger partial charge < -0.3 is 19.4 Å². The van der Waals surface area contributed by atoms with Gasteiger partial charge in [-0.1, -0.05) is 5.16 Å². The predicted molar refractivity (Wildman–Crippen MR) is 96.0 cm³/mol. The van der Waals surface area contributed by atoms with Crippen LogP contribution in [0.4, 0.5) is 11.6 Å². The maximum Gasteiger partial charge on any atom is 0.240 e. The standard InChI is InChI=1S/C17H25N7O2/c1-13-20-17(26-21-13)10-22-5-7-23(8-6-22)15-9-16(19-12-18-15)24-4-2-3-14(24)11-25/h9,12,14,25H,2-8,10-11H2,1H3. The van der Waals surface area contributed by atoms with Crippen LogP contribution >= 0.6 is 0 Å². The summed E-state index contributed by atoms with van der Waals surface area (Å²) in [5.41, 5.74) is 0. The van der Waals surface area contributed by atoms with E-state index < -0.39 is 0 Å². The van der Waals surface area contributed by atoms with E-state index >= 15 is 0 Å². The third-order valence-electron chi connectivity index (χ3n) is 5.15. The number of aliphatic hydroxyl groups is 1. The third kappa shape index (κ3) is 3.63. The lowest BCUT2D eigenvalue weighted by atomic mass is 10.2. The van der Waals surface area contributed by atoms with Crippen LogP contribution in [0.2, 0.25) is 0 Å². The van der Waals surface area contributed by atoms with Gasteiger partial charge in [-0.25, -0.2) is 9.97 Å². The van der Waals surface area contributed by atoms with E-state index in [1.165, 1.54) is 0 Å². The van der Waals surface area contributed by atoms with Gasteiger partial charge in [0.05, 0.1) is 19.2 Å². The summed E-state index contributed by atoms with van der Waals surface area (Å²) in [6, 6.07) is 2.22. The molecule has 1 unspecified atom stereocenters. The monoisotopic (exact) mass is 359 g/mol. The molecule has 4 heterocycles. The van der Waals surface area contributed by atoms with Crippen LogP contribution in [-0.2, 0) is 6.54 Å². The van der Waals surface area contributed by atoms with E-state index in [4.69, 9.17) is 4.52 Å². The van der Waals surface area contributed by atoms with Crippen LogP contribution in [0.25, 0.3) is 0 Å². The lowest BCUT2D eigenvalue weighted by Gasteiger charge is -2.35. The average molecular weight is 359 g/mol. The van der Waals surface area contributed by atoms with Gasteiger partial charge in [0.2, 0.25) is 5.89 Å². The minimum Gasteiger partial charge on any atom is -0.394 e. The molecular formula is C17H25N7O2. The highest BCUT2D eigenvalue weighted by Crippen LogP contribution is 2.26. The first kappa shape index (κ1) is 17.2. The topological polar surface area (TPSA) is 94.7 Å². The Labute approximate surface area is 152 Å². The largest absolute Gasteiger partial charge is 0.394 e. The fraction of sp³-hybridized carbons (Fsp3) is 0.647. The summed E-state index contributed by atoms with van der Waals surface area (Å²) in [5.74, 6) is 3.21. The second kappa shape index (κ2) is 7.55. The van der Waals surface area contributed by atoms with Crippen LogP contribution in [0.1, 0.15) is 24.6 Å². The number of piperazine rings is 1. The van der Waals surface area contributed by atoms with Crippen LogP contribution in [0, 0.1) is 6.92 Å². The summed E-state index contributed by atoms with van der Waals surface area (Å²) >= 11 is 0. The second-order valence-corrected chi connectivity index (χ2v) is 6.90. The summed E-state index contributed by atoms with van der Waals surface area (Å²) in [6.07, 6.45) is 3.74. The maximum absolute atomic E-state index is 9.55. The molecule has 4 rings (SSSR count). The van der Waals surface area contributed by atoms with Gasteiger partial charge in [0.15, 0.2) is 5.82 Å². The lowest BCUT2D eigenvalue weighted by molar-refractivity contribution is 0.215. The molecule has 0 spiro atoms. The van der Waals surface area contributed by atoms with E-state index in [2.05, 4.69) is 34.8 Å². The van der Waals surface area contributed by atoms with Gasteiger partial charge >= 0.3 is 0 Å². The summed E-state index contributed by atoms with van der Waals surface area (Å²) in [4.78, 5) is 20.0. The molecule has 0 radical (unpaired) electrons. The summed E-state index contributed by atoms with van der Waals surface area (Å²) < 4.78 is 5.21. The normalized spacial score (nSPS) is 21.5. The Kier molecular flexibility index (Phi) is 4.98. The zero-order chi connectivity index (χ0) is 17.9. The number of aliphatic hydroxyl groups excluding tert-OH is 1. The Hall–Kier alpha value is -2.26. The van der Waals surface area contributed by atoms with Crippen LogP contribution in [-0.4, -0.2) is 75.5 Å². The zero-order valence-corrected chi connectivity index (χ0v) is 15.1. The highest BCUT2D eigenvalue weighted by atomic mass is 16.5. The molecular weight excluding hydrogens is 334 g/mol. The van der Waals surface area contributed by atoms with Crippen molar-refractivity contribution in [3.05, 3.63) is 24.1 Å². The van der Waals surface area contributed by atoms with Crippen LogP contribution < -0.4 is 9.80 Å². The van der Waals surface area contributed by atoms with Crippen molar-refractivity contribution >= 4 is 11.6 Å². The Balaban J connectivity index is 1.37. The van der Waals surface area contributed by atoms with Crippen molar-refractivity contribution in [1.29, 1.82) is 0 Å². The molecule has 140 valence electrons. The molecule has 2 aliphatic rings. The number of nitrogens with zero attached hydrogens (tertiary/aromatic N) is 7. The number of hydrogen-bond acceptors (Lipinski definition) is 9. The van der Waals surface area contributed by atoms with E-state index in [0.29, 0.717) is 18.3 Å². The SMILES string of the molecule is Cc1noc(CN2CCN(c3cc(N4CCCC4CO)ncn3)CC2)n1. The molecule has 0 amide bonds. The zero-order valence-electron chi connectivity index (χ0n) is 15.1. The van der Waals surface area contributed by atoms with Gasteiger partial charge in [-0.05, 0) is 19.8 Å². The van der Waals surface area contributed by atoms with Gasteiger partial charge in [0.25, 0.3) is 0 Å². The van der Waals surface area contributed by atoms with Crippen molar-refractivity contribution in [1.82, 2.24) is 25.0 Å². The molecule has 2 fully saturated rings. The molecule has 26 heavy (non-hydrogen) atoms. The minimum atomic E-state index is 0.174. The molecule has 2 aliphatic heterocycles. The van der Waals surface area contributed by atoms with E-state index in [9.17, 15) is 5.11 Å². The Morgan fingerprint density at radius 2 is 1.96 bits per heavy atom. The second-order valence-electron chi connectivity index (χ2n) is 6.90. The number of aromatic nitrogens is 4. The molecule has 0 saturated carbocycles. The quantitative estimate of drug-likeness (QED) is 0.816. The molecule has 1 N–H and O–H groups in total. The summed E-state index contributed by atoms with van der Waals surface area (Å²) in [5, 5.41) is 13.4.